The molecule has 1 N–H and O–H groups in total. The molecule has 28 heavy (non-hydrogen) atoms. The highest BCUT2D eigenvalue weighted by Gasteiger charge is 2.43. The molecule has 0 saturated heterocycles. The number of carbonyl (C=O) groups excluding carboxylic acids is 1. The van der Waals surface area contributed by atoms with Crippen molar-refractivity contribution < 1.29 is 18.7 Å². The van der Waals surface area contributed by atoms with Crippen molar-refractivity contribution in [2.24, 2.45) is 0 Å². The van der Waals surface area contributed by atoms with Crippen molar-refractivity contribution in [1.82, 2.24) is 9.80 Å². The van der Waals surface area contributed by atoms with Crippen molar-refractivity contribution in [3.05, 3.63) is 89.5 Å². The molecule has 1 aliphatic heterocycles. The lowest BCUT2D eigenvalue weighted by atomic mass is 9.88. The summed E-state index contributed by atoms with van der Waals surface area (Å²) < 4.78 is 28.2. The number of halogens is 2. The molecular weight excluding hydrogens is 362 g/mol. The molecule has 0 saturated carbocycles. The maximum absolute atomic E-state index is 14.4. The van der Waals surface area contributed by atoms with Crippen molar-refractivity contribution in [1.29, 1.82) is 0 Å². The van der Waals surface area contributed by atoms with Crippen LogP contribution >= 0.6 is 0 Å². The first kappa shape index (κ1) is 19.8. The summed E-state index contributed by atoms with van der Waals surface area (Å²) in [5.74, 6) is -1.11. The quantitative estimate of drug-likeness (QED) is 0.815. The van der Waals surface area contributed by atoms with E-state index in [1.165, 1.54) is 4.90 Å². The zero-order chi connectivity index (χ0) is 20.3. The summed E-state index contributed by atoms with van der Waals surface area (Å²) in [6.07, 6.45) is 5.02. The van der Waals surface area contributed by atoms with Crippen LogP contribution in [0.3, 0.4) is 0 Å². The van der Waals surface area contributed by atoms with E-state index >= 15 is 0 Å². The molecule has 2 aromatic rings. The topological polar surface area (TPSA) is 43.8 Å². The number of nitrogens with zero attached hydrogens (tertiary/aromatic N) is 2. The van der Waals surface area contributed by atoms with E-state index < -0.39 is 17.2 Å². The average molecular weight is 384 g/mol. The SMILES string of the molecule is CN(C)C(=O)N1CC(c2cc(F)ccc2F)=CC1(/C=C/CO)c1ccccc1. The third kappa shape index (κ3) is 3.55. The highest BCUT2D eigenvalue weighted by atomic mass is 19.1. The lowest BCUT2D eigenvalue weighted by Gasteiger charge is -2.37. The van der Waals surface area contributed by atoms with Gasteiger partial charge in [0.2, 0.25) is 0 Å². The summed E-state index contributed by atoms with van der Waals surface area (Å²) in [5, 5.41) is 9.35. The number of amides is 2. The summed E-state index contributed by atoms with van der Waals surface area (Å²) in [6, 6.07) is 12.3. The van der Waals surface area contributed by atoms with E-state index in [0.29, 0.717) is 5.57 Å². The lowest BCUT2D eigenvalue weighted by molar-refractivity contribution is 0.153. The Labute approximate surface area is 163 Å². The largest absolute Gasteiger partial charge is 0.392 e. The van der Waals surface area contributed by atoms with Gasteiger partial charge in [0, 0.05) is 26.2 Å². The Bertz CT molecular complexity index is 925. The molecule has 1 heterocycles. The summed E-state index contributed by atoms with van der Waals surface area (Å²) in [6.45, 7) is -0.113. The van der Waals surface area contributed by atoms with Crippen molar-refractivity contribution >= 4 is 11.6 Å². The smallest absolute Gasteiger partial charge is 0.321 e. The van der Waals surface area contributed by atoms with E-state index in [1.54, 1.807) is 37.2 Å². The standard InChI is InChI=1S/C22H22F2N2O2/c1-25(2)21(28)26-15-16(19-13-18(23)9-10-20(19)24)14-22(26,11-6-12-27)17-7-4-3-5-8-17/h3-11,13-14,27H,12,15H2,1-2H3/b11-6+. The highest BCUT2D eigenvalue weighted by Crippen LogP contribution is 2.42. The Hall–Kier alpha value is -2.99. The molecule has 0 bridgehead atoms. The molecular formula is C22H22F2N2O2. The van der Waals surface area contributed by atoms with Gasteiger partial charge in [-0.3, -0.25) is 0 Å². The molecule has 0 aromatic heterocycles. The second kappa shape index (κ2) is 7.94. The summed E-state index contributed by atoms with van der Waals surface area (Å²) in [5.41, 5.74) is 0.367. The van der Waals surface area contributed by atoms with Crippen LogP contribution in [-0.2, 0) is 5.54 Å². The number of hydrogen-bond donors (Lipinski definition) is 1. The van der Waals surface area contributed by atoms with Gasteiger partial charge in [-0.15, -0.1) is 0 Å². The van der Waals surface area contributed by atoms with Crippen LogP contribution in [0.4, 0.5) is 13.6 Å². The van der Waals surface area contributed by atoms with Gasteiger partial charge in [-0.25, -0.2) is 13.6 Å². The van der Waals surface area contributed by atoms with Crippen LogP contribution in [0, 0.1) is 11.6 Å². The molecule has 2 aromatic carbocycles. The number of rotatable bonds is 4. The summed E-state index contributed by atoms with van der Waals surface area (Å²) >= 11 is 0. The molecule has 0 radical (unpaired) electrons. The van der Waals surface area contributed by atoms with E-state index in [2.05, 4.69) is 0 Å². The van der Waals surface area contributed by atoms with Crippen LogP contribution in [-0.4, -0.2) is 48.2 Å². The first-order valence-electron chi connectivity index (χ1n) is 8.89. The number of carbonyl (C=O) groups is 1. The van der Waals surface area contributed by atoms with Gasteiger partial charge < -0.3 is 14.9 Å². The number of hydrogen-bond acceptors (Lipinski definition) is 2. The van der Waals surface area contributed by atoms with Crippen LogP contribution in [0.15, 0.2) is 66.8 Å². The Morgan fingerprint density at radius 2 is 1.93 bits per heavy atom. The third-order valence-corrected chi connectivity index (χ3v) is 4.77. The van der Waals surface area contributed by atoms with Crippen LogP contribution < -0.4 is 0 Å². The van der Waals surface area contributed by atoms with E-state index in [0.717, 1.165) is 23.8 Å². The normalized spacial score (nSPS) is 19.2. The van der Waals surface area contributed by atoms with Crippen LogP contribution in [0.5, 0.6) is 0 Å². The van der Waals surface area contributed by atoms with E-state index in [1.807, 2.05) is 30.3 Å². The average Bonchev–Trinajstić information content (AvgIpc) is 3.08. The first-order chi connectivity index (χ1) is 13.4. The van der Waals surface area contributed by atoms with Crippen LogP contribution in [0.25, 0.3) is 5.57 Å². The molecule has 1 unspecified atom stereocenters. The number of aliphatic hydroxyl groups is 1. The molecule has 0 spiro atoms. The van der Waals surface area contributed by atoms with Crippen LogP contribution in [0.2, 0.25) is 0 Å². The first-order valence-corrected chi connectivity index (χ1v) is 8.89. The van der Waals surface area contributed by atoms with Gasteiger partial charge in [0.15, 0.2) is 0 Å². The number of benzene rings is 2. The molecule has 6 heteroatoms. The predicted molar refractivity (Wildman–Crippen MR) is 104 cm³/mol. The van der Waals surface area contributed by atoms with Crippen molar-refractivity contribution in [3.63, 3.8) is 0 Å². The van der Waals surface area contributed by atoms with E-state index in [4.69, 9.17) is 0 Å². The maximum atomic E-state index is 14.4. The molecule has 3 rings (SSSR count). The van der Waals surface area contributed by atoms with Crippen LogP contribution in [0.1, 0.15) is 11.1 Å². The minimum atomic E-state index is -1.03. The van der Waals surface area contributed by atoms with Gasteiger partial charge in [-0.1, -0.05) is 42.5 Å². The number of urea groups is 1. The zero-order valence-corrected chi connectivity index (χ0v) is 15.8. The van der Waals surface area contributed by atoms with Gasteiger partial charge in [-0.2, -0.15) is 0 Å². The lowest BCUT2D eigenvalue weighted by Crippen LogP contribution is -2.48. The molecule has 1 atom stereocenters. The van der Waals surface area contributed by atoms with Gasteiger partial charge in [0.25, 0.3) is 0 Å². The number of aliphatic hydroxyl groups excluding tert-OH is 1. The summed E-state index contributed by atoms with van der Waals surface area (Å²) in [4.78, 5) is 16.0. The van der Waals surface area contributed by atoms with E-state index in [9.17, 15) is 18.7 Å². The molecule has 0 fully saturated rings. The predicted octanol–water partition coefficient (Wildman–Crippen LogP) is 3.79. The van der Waals surface area contributed by atoms with Gasteiger partial charge in [0.1, 0.15) is 17.2 Å². The fourth-order valence-electron chi connectivity index (χ4n) is 3.48. The van der Waals surface area contributed by atoms with Gasteiger partial charge >= 0.3 is 6.03 Å². The molecule has 4 nitrogen and oxygen atoms in total. The fraction of sp³-hybridized carbons (Fsp3) is 0.227. The van der Waals surface area contributed by atoms with E-state index in [-0.39, 0.29) is 24.7 Å². The minimum absolute atomic E-state index is 0.0993. The zero-order valence-electron chi connectivity index (χ0n) is 15.8. The Balaban J connectivity index is 2.23. The molecule has 2 amide bonds. The minimum Gasteiger partial charge on any atom is -0.392 e. The molecule has 0 aliphatic carbocycles. The summed E-state index contributed by atoms with van der Waals surface area (Å²) in [7, 11) is 3.27. The Morgan fingerprint density at radius 3 is 2.57 bits per heavy atom. The van der Waals surface area contributed by atoms with Crippen molar-refractivity contribution in [2.75, 3.05) is 27.2 Å². The molecule has 1 aliphatic rings. The van der Waals surface area contributed by atoms with Crippen molar-refractivity contribution in [2.45, 2.75) is 5.54 Å². The Kier molecular flexibility index (Phi) is 5.61. The Morgan fingerprint density at radius 1 is 1.21 bits per heavy atom. The monoisotopic (exact) mass is 384 g/mol. The van der Waals surface area contributed by atoms with Gasteiger partial charge in [0.05, 0.1) is 6.61 Å². The highest BCUT2D eigenvalue weighted by molar-refractivity contribution is 5.84. The van der Waals surface area contributed by atoms with Crippen molar-refractivity contribution in [3.8, 4) is 0 Å². The fourth-order valence-corrected chi connectivity index (χ4v) is 3.48. The second-order valence-corrected chi connectivity index (χ2v) is 6.83. The second-order valence-electron chi connectivity index (χ2n) is 6.83. The maximum Gasteiger partial charge on any atom is 0.321 e. The molecule has 146 valence electrons. The third-order valence-electron chi connectivity index (χ3n) is 4.77. The van der Waals surface area contributed by atoms with Gasteiger partial charge in [-0.05, 0) is 35.4 Å².